The van der Waals surface area contributed by atoms with E-state index >= 15 is 4.39 Å². The van der Waals surface area contributed by atoms with Gasteiger partial charge in [0.2, 0.25) is 5.95 Å². The van der Waals surface area contributed by atoms with E-state index in [1.165, 1.54) is 12.8 Å². The number of hydrogen-bond donors (Lipinski definition) is 3. The van der Waals surface area contributed by atoms with Crippen molar-refractivity contribution in [2.24, 2.45) is 10.9 Å². The predicted octanol–water partition coefficient (Wildman–Crippen LogP) is 5.53. The van der Waals surface area contributed by atoms with E-state index < -0.39 is 0 Å². The minimum Gasteiger partial charge on any atom is -0.380 e. The zero-order valence-corrected chi connectivity index (χ0v) is 23.1. The highest BCUT2D eigenvalue weighted by Crippen LogP contribution is 2.38. The Kier molecular flexibility index (Phi) is 8.24. The van der Waals surface area contributed by atoms with E-state index in [1.807, 2.05) is 32.3 Å². The molecule has 2 saturated heterocycles. The average Bonchev–Trinajstić information content (AvgIpc) is 3.34. The van der Waals surface area contributed by atoms with Crippen molar-refractivity contribution >= 4 is 34.1 Å². The summed E-state index contributed by atoms with van der Waals surface area (Å²) in [5.41, 5.74) is 4.46. The fourth-order valence-electron chi connectivity index (χ4n) is 5.35. The van der Waals surface area contributed by atoms with Crippen molar-refractivity contribution in [2.45, 2.75) is 52.0 Å². The van der Waals surface area contributed by atoms with Crippen LogP contribution >= 0.6 is 0 Å². The highest BCUT2D eigenvalue weighted by molar-refractivity contribution is 5.95. The van der Waals surface area contributed by atoms with Crippen molar-refractivity contribution in [2.75, 3.05) is 57.5 Å². The van der Waals surface area contributed by atoms with Crippen LogP contribution in [0.1, 0.15) is 46.0 Å². The first-order chi connectivity index (χ1) is 18.4. The maximum atomic E-state index is 15.6. The third-order valence-corrected chi connectivity index (χ3v) is 8.09. The number of benzene rings is 1. The number of nitrogens with one attached hydrogen (secondary N) is 3. The van der Waals surface area contributed by atoms with E-state index in [0.717, 1.165) is 85.5 Å². The molecule has 2 aliphatic heterocycles. The lowest BCUT2D eigenvalue weighted by Crippen LogP contribution is -2.36. The minimum absolute atomic E-state index is 0.293. The molecule has 2 aromatic heterocycles. The van der Waals surface area contributed by atoms with Crippen LogP contribution < -0.4 is 10.6 Å². The molecule has 0 amide bonds. The molecule has 3 aromatic rings. The van der Waals surface area contributed by atoms with Crippen molar-refractivity contribution in [3.8, 4) is 11.1 Å². The van der Waals surface area contributed by atoms with Crippen molar-refractivity contribution < 1.29 is 4.39 Å². The number of rotatable bonds is 8. The van der Waals surface area contributed by atoms with Crippen molar-refractivity contribution in [1.29, 1.82) is 0 Å². The van der Waals surface area contributed by atoms with E-state index in [-0.39, 0.29) is 5.82 Å². The fraction of sp³-hybridized carbons (Fsp3) is 0.552. The Labute approximate surface area is 225 Å². The maximum Gasteiger partial charge on any atom is 0.224 e. The van der Waals surface area contributed by atoms with Crippen LogP contribution in [0.15, 0.2) is 29.5 Å². The number of aromatic nitrogens is 3. The normalized spacial score (nSPS) is 18.8. The van der Waals surface area contributed by atoms with Crippen LogP contribution in [0.3, 0.4) is 0 Å². The van der Waals surface area contributed by atoms with Gasteiger partial charge < -0.3 is 25.4 Å². The van der Waals surface area contributed by atoms with Gasteiger partial charge >= 0.3 is 0 Å². The number of anilines is 2. The smallest absolute Gasteiger partial charge is 0.224 e. The molecule has 38 heavy (non-hydrogen) atoms. The van der Waals surface area contributed by atoms with Gasteiger partial charge in [-0.15, -0.1) is 0 Å². The van der Waals surface area contributed by atoms with Gasteiger partial charge in [0, 0.05) is 41.6 Å². The van der Waals surface area contributed by atoms with Crippen LogP contribution in [0, 0.1) is 11.7 Å². The number of nitrogens with zero attached hydrogens (tertiary/aromatic N) is 5. The summed E-state index contributed by atoms with van der Waals surface area (Å²) in [5, 5.41) is 7.92. The summed E-state index contributed by atoms with van der Waals surface area (Å²) < 4.78 is 15.6. The second-order valence-electron chi connectivity index (χ2n) is 11.1. The number of halogens is 1. The first-order valence-corrected chi connectivity index (χ1v) is 14.0. The average molecular weight is 521 g/mol. The molecule has 3 N–H and O–H groups in total. The topological polar surface area (TPSA) is 84.5 Å². The van der Waals surface area contributed by atoms with E-state index in [2.05, 4.69) is 49.5 Å². The molecule has 0 saturated carbocycles. The molecule has 0 radical (unpaired) electrons. The van der Waals surface area contributed by atoms with Gasteiger partial charge in [-0.3, -0.25) is 4.99 Å². The Bertz CT molecular complexity index is 1270. The first kappa shape index (κ1) is 26.6. The summed E-state index contributed by atoms with van der Waals surface area (Å²) >= 11 is 0. The lowest BCUT2D eigenvalue weighted by molar-refractivity contribution is 0.226. The zero-order valence-electron chi connectivity index (χ0n) is 23.1. The van der Waals surface area contributed by atoms with Crippen molar-refractivity contribution in [1.82, 2.24) is 24.8 Å². The van der Waals surface area contributed by atoms with Crippen molar-refractivity contribution in [3.63, 3.8) is 0 Å². The van der Waals surface area contributed by atoms with Crippen LogP contribution in [-0.2, 0) is 0 Å². The standard InChI is InChI=1S/C29H41FN8/c1-5-19(2)34-27-25(30)14-21(15-26(27)35-22-8-12-38(4)13-9-22)23-17-31-28-24(23)18-33-29(36-28)32-16-20-6-10-37(3)11-7-20/h14-15,17-18,20,22,35H,5-13,16H2,1-4H3,(H2,31,32,33,36). The number of H-pyrrole nitrogens is 1. The number of aromatic amines is 1. The summed E-state index contributed by atoms with van der Waals surface area (Å²) in [6.07, 6.45) is 8.93. The lowest BCUT2D eigenvalue weighted by Gasteiger charge is -2.30. The predicted molar refractivity (Wildman–Crippen MR) is 155 cm³/mol. The third-order valence-electron chi connectivity index (χ3n) is 8.09. The molecule has 2 fully saturated rings. The van der Waals surface area contributed by atoms with Gasteiger partial charge in [-0.1, -0.05) is 6.92 Å². The summed E-state index contributed by atoms with van der Waals surface area (Å²) in [7, 11) is 4.32. The molecule has 9 heteroatoms. The van der Waals surface area contributed by atoms with Gasteiger partial charge in [0.1, 0.15) is 11.3 Å². The van der Waals surface area contributed by atoms with Crippen LogP contribution in [0.4, 0.5) is 21.7 Å². The number of aliphatic imine (C=N–C) groups is 1. The molecule has 1 aromatic carbocycles. The highest BCUT2D eigenvalue weighted by atomic mass is 19.1. The van der Waals surface area contributed by atoms with E-state index in [0.29, 0.717) is 23.6 Å². The maximum absolute atomic E-state index is 15.6. The Morgan fingerprint density at radius 3 is 2.53 bits per heavy atom. The minimum atomic E-state index is -0.322. The van der Waals surface area contributed by atoms with Crippen LogP contribution in [0.2, 0.25) is 0 Å². The molecule has 2 aliphatic rings. The summed E-state index contributed by atoms with van der Waals surface area (Å²) in [6, 6.07) is 3.90. The number of likely N-dealkylation sites (tertiary alicyclic amines) is 2. The number of piperidine rings is 2. The molecule has 0 spiro atoms. The lowest BCUT2D eigenvalue weighted by atomic mass is 9.97. The molecule has 0 atom stereocenters. The molecular formula is C29H41FN8. The zero-order chi connectivity index (χ0) is 26.6. The van der Waals surface area contributed by atoms with Crippen molar-refractivity contribution in [3.05, 3.63) is 30.3 Å². The SMILES string of the molecule is CCC(C)=Nc1c(F)cc(-c2c[nH]c3nc(NCC4CCN(C)CC4)ncc23)cc1NC1CCN(C)CC1. The van der Waals surface area contributed by atoms with Crippen LogP contribution in [0.25, 0.3) is 22.2 Å². The van der Waals surface area contributed by atoms with Gasteiger partial charge in [0.05, 0.1) is 5.69 Å². The summed E-state index contributed by atoms with van der Waals surface area (Å²) in [6.45, 7) is 9.20. The van der Waals surface area contributed by atoms with Gasteiger partial charge in [0.25, 0.3) is 0 Å². The molecule has 5 rings (SSSR count). The van der Waals surface area contributed by atoms with Gasteiger partial charge in [-0.2, -0.15) is 4.98 Å². The molecular weight excluding hydrogens is 479 g/mol. The first-order valence-electron chi connectivity index (χ1n) is 14.0. The van der Waals surface area contributed by atoms with E-state index in [1.54, 1.807) is 6.07 Å². The Morgan fingerprint density at radius 1 is 1.11 bits per heavy atom. The number of hydrogen-bond acceptors (Lipinski definition) is 7. The summed E-state index contributed by atoms with van der Waals surface area (Å²) in [5.74, 6) is 0.943. The van der Waals surface area contributed by atoms with E-state index in [9.17, 15) is 0 Å². The second-order valence-corrected chi connectivity index (χ2v) is 11.1. The van der Waals surface area contributed by atoms with Crippen LogP contribution in [0.5, 0.6) is 0 Å². The fourth-order valence-corrected chi connectivity index (χ4v) is 5.35. The molecule has 0 unspecified atom stereocenters. The van der Waals surface area contributed by atoms with Crippen LogP contribution in [-0.4, -0.2) is 83.3 Å². The Hall–Kier alpha value is -3.04. The van der Waals surface area contributed by atoms with Gasteiger partial charge in [-0.25, -0.2) is 9.37 Å². The molecule has 4 heterocycles. The molecule has 0 aliphatic carbocycles. The largest absolute Gasteiger partial charge is 0.380 e. The highest BCUT2D eigenvalue weighted by Gasteiger charge is 2.21. The second kappa shape index (κ2) is 11.8. The molecule has 0 bridgehead atoms. The third kappa shape index (κ3) is 6.15. The number of fused-ring (bicyclic) bond motifs is 1. The summed E-state index contributed by atoms with van der Waals surface area (Å²) in [4.78, 5) is 21.9. The molecule has 8 nitrogen and oxygen atoms in total. The Morgan fingerprint density at radius 2 is 1.82 bits per heavy atom. The molecule has 204 valence electrons. The van der Waals surface area contributed by atoms with Gasteiger partial charge in [-0.05, 0) is 103 Å². The van der Waals surface area contributed by atoms with E-state index in [4.69, 9.17) is 4.98 Å². The quantitative estimate of drug-likeness (QED) is 0.339. The monoisotopic (exact) mass is 520 g/mol. The van der Waals surface area contributed by atoms with Gasteiger partial charge in [0.15, 0.2) is 5.82 Å². The Balaban J connectivity index is 1.40.